The number of carboxylic acid groups (broad SMARTS) is 1. The van der Waals surface area contributed by atoms with Crippen molar-refractivity contribution in [1.82, 2.24) is 0 Å². The van der Waals surface area contributed by atoms with Gasteiger partial charge in [-0.1, -0.05) is 37.3 Å². The van der Waals surface area contributed by atoms with Crippen LogP contribution in [0.5, 0.6) is 0 Å². The van der Waals surface area contributed by atoms with Gasteiger partial charge in [0.1, 0.15) is 0 Å². The minimum absolute atomic E-state index is 0.423. The average Bonchev–Trinajstić information content (AvgIpc) is 2.10. The van der Waals surface area contributed by atoms with Gasteiger partial charge in [-0.25, -0.2) is 4.79 Å². The molecule has 0 saturated carbocycles. The van der Waals surface area contributed by atoms with Gasteiger partial charge in [-0.3, -0.25) is 0 Å². The molecule has 0 fully saturated rings. The van der Waals surface area contributed by atoms with Gasteiger partial charge in [0.2, 0.25) is 0 Å². The molecular formula is C10H14O3. The van der Waals surface area contributed by atoms with Gasteiger partial charge < -0.3 is 10.2 Å². The van der Waals surface area contributed by atoms with Crippen LogP contribution in [0.3, 0.4) is 0 Å². The van der Waals surface area contributed by atoms with Gasteiger partial charge in [-0.15, -0.1) is 0 Å². The first-order valence-corrected chi connectivity index (χ1v) is 4.09. The van der Waals surface area contributed by atoms with E-state index in [1.807, 2.05) is 6.92 Å². The number of hydrogen-bond acceptors (Lipinski definition) is 2. The monoisotopic (exact) mass is 182 g/mol. The summed E-state index contributed by atoms with van der Waals surface area (Å²) in [6.45, 7) is 1.88. The maximum atomic E-state index is 10.0. The first-order chi connectivity index (χ1) is 6.16. The number of allylic oxidation sites excluding steroid dienone is 4. The normalized spacial score (nSPS) is 14.6. The van der Waals surface area contributed by atoms with E-state index in [0.29, 0.717) is 6.42 Å². The molecule has 0 saturated heterocycles. The molecule has 2 N–H and O–H groups in total. The van der Waals surface area contributed by atoms with Gasteiger partial charge in [0.25, 0.3) is 0 Å². The predicted octanol–water partition coefficient (Wildman–Crippen LogP) is 1.51. The summed E-state index contributed by atoms with van der Waals surface area (Å²) in [7, 11) is 0. The molecule has 0 aromatic heterocycles. The molecule has 72 valence electrons. The van der Waals surface area contributed by atoms with Gasteiger partial charge in [0.15, 0.2) is 0 Å². The second-order valence-corrected chi connectivity index (χ2v) is 2.44. The van der Waals surface area contributed by atoms with Gasteiger partial charge >= 0.3 is 5.97 Å². The Balaban J connectivity index is 3.75. The number of carbonyl (C=O) groups is 1. The van der Waals surface area contributed by atoms with Crippen molar-refractivity contribution in [3.8, 4) is 0 Å². The third-order valence-corrected chi connectivity index (χ3v) is 1.32. The first kappa shape index (κ1) is 11.6. The molecule has 1 unspecified atom stereocenters. The summed E-state index contributed by atoms with van der Waals surface area (Å²) in [5.41, 5.74) is 0. The number of aliphatic carboxylic acids is 1. The lowest BCUT2D eigenvalue weighted by Crippen LogP contribution is -1.97. The van der Waals surface area contributed by atoms with Crippen molar-refractivity contribution in [3.05, 3.63) is 36.5 Å². The Morgan fingerprint density at radius 1 is 1.31 bits per heavy atom. The molecule has 13 heavy (non-hydrogen) atoms. The summed E-state index contributed by atoms with van der Waals surface area (Å²) in [6.07, 6.45) is 9.30. The fourth-order valence-electron chi connectivity index (χ4n) is 0.595. The number of rotatable bonds is 5. The summed E-state index contributed by atoms with van der Waals surface area (Å²) in [5.74, 6) is -0.970. The van der Waals surface area contributed by atoms with E-state index >= 15 is 0 Å². The van der Waals surface area contributed by atoms with Crippen molar-refractivity contribution in [2.75, 3.05) is 0 Å². The van der Waals surface area contributed by atoms with Crippen molar-refractivity contribution < 1.29 is 15.0 Å². The van der Waals surface area contributed by atoms with Crippen LogP contribution in [0, 0.1) is 0 Å². The zero-order chi connectivity index (χ0) is 10.1. The zero-order valence-electron chi connectivity index (χ0n) is 7.55. The average molecular weight is 182 g/mol. The lowest BCUT2D eigenvalue weighted by Gasteiger charge is -1.95. The summed E-state index contributed by atoms with van der Waals surface area (Å²) in [5, 5.41) is 17.3. The minimum atomic E-state index is -0.970. The van der Waals surface area contributed by atoms with E-state index in [1.54, 1.807) is 24.3 Å². The Hall–Kier alpha value is -1.35. The predicted molar refractivity (Wildman–Crippen MR) is 51.4 cm³/mol. The minimum Gasteiger partial charge on any atom is -0.478 e. The summed E-state index contributed by atoms with van der Waals surface area (Å²) >= 11 is 0. The highest BCUT2D eigenvalue weighted by molar-refractivity contribution is 5.80. The van der Waals surface area contributed by atoms with Crippen molar-refractivity contribution in [1.29, 1.82) is 0 Å². The molecule has 3 heteroatoms. The lowest BCUT2D eigenvalue weighted by molar-refractivity contribution is -0.131. The molecule has 0 heterocycles. The van der Waals surface area contributed by atoms with Crippen LogP contribution in [0.1, 0.15) is 13.3 Å². The van der Waals surface area contributed by atoms with Crippen molar-refractivity contribution in [2.45, 2.75) is 19.4 Å². The second kappa shape index (κ2) is 7.31. The highest BCUT2D eigenvalue weighted by Gasteiger charge is 1.88. The van der Waals surface area contributed by atoms with Crippen LogP contribution in [-0.4, -0.2) is 22.3 Å². The highest BCUT2D eigenvalue weighted by atomic mass is 16.4. The smallest absolute Gasteiger partial charge is 0.328 e. The zero-order valence-corrected chi connectivity index (χ0v) is 7.55. The van der Waals surface area contributed by atoms with E-state index < -0.39 is 12.1 Å². The fourth-order valence-corrected chi connectivity index (χ4v) is 0.595. The van der Waals surface area contributed by atoms with Crippen LogP contribution in [0.25, 0.3) is 0 Å². The van der Waals surface area contributed by atoms with Crippen LogP contribution in [0.2, 0.25) is 0 Å². The number of carboxylic acids is 1. The summed E-state index contributed by atoms with van der Waals surface area (Å²) < 4.78 is 0. The Labute approximate surface area is 77.7 Å². The van der Waals surface area contributed by atoms with E-state index in [4.69, 9.17) is 10.2 Å². The molecule has 0 rings (SSSR count). The van der Waals surface area contributed by atoms with Gasteiger partial charge in [0, 0.05) is 6.08 Å². The Bertz CT molecular complexity index is 226. The van der Waals surface area contributed by atoms with Crippen molar-refractivity contribution in [3.63, 3.8) is 0 Å². The number of hydrogen-bond donors (Lipinski definition) is 2. The van der Waals surface area contributed by atoms with Crippen LogP contribution in [0.4, 0.5) is 0 Å². The third-order valence-electron chi connectivity index (χ3n) is 1.32. The molecule has 0 radical (unpaired) electrons. The SMILES string of the molecule is CCC(O)/C=C/C=C/C=C/C(=O)O. The van der Waals surface area contributed by atoms with Crippen LogP contribution >= 0.6 is 0 Å². The summed E-state index contributed by atoms with van der Waals surface area (Å²) in [4.78, 5) is 10.0. The molecule has 0 bridgehead atoms. The van der Waals surface area contributed by atoms with Gasteiger partial charge in [-0.05, 0) is 6.42 Å². The number of aliphatic hydroxyl groups excluding tert-OH is 1. The standard InChI is InChI=1S/C10H14O3/c1-2-9(11)7-5-3-4-6-8-10(12)13/h3-9,11H,2H2,1H3,(H,12,13)/b4-3+,7-5+,8-6+. The highest BCUT2D eigenvalue weighted by Crippen LogP contribution is 1.91. The van der Waals surface area contributed by atoms with Crippen molar-refractivity contribution in [2.24, 2.45) is 0 Å². The molecule has 0 amide bonds. The second-order valence-electron chi connectivity index (χ2n) is 2.44. The molecule has 0 aliphatic heterocycles. The Kier molecular flexibility index (Phi) is 6.55. The fraction of sp³-hybridized carbons (Fsp3) is 0.300. The van der Waals surface area contributed by atoms with E-state index in [2.05, 4.69) is 0 Å². The molecule has 0 spiro atoms. The largest absolute Gasteiger partial charge is 0.478 e. The lowest BCUT2D eigenvalue weighted by atomic mass is 10.2. The molecule has 0 aromatic carbocycles. The molecule has 1 atom stereocenters. The molecular weight excluding hydrogens is 168 g/mol. The van der Waals surface area contributed by atoms with E-state index in [0.717, 1.165) is 6.08 Å². The van der Waals surface area contributed by atoms with Crippen LogP contribution in [0.15, 0.2) is 36.5 Å². The molecule has 0 aliphatic rings. The summed E-state index contributed by atoms with van der Waals surface area (Å²) in [6, 6.07) is 0. The quantitative estimate of drug-likeness (QED) is 0.500. The molecule has 0 aromatic rings. The first-order valence-electron chi connectivity index (χ1n) is 4.09. The van der Waals surface area contributed by atoms with Crippen LogP contribution < -0.4 is 0 Å². The van der Waals surface area contributed by atoms with Crippen molar-refractivity contribution >= 4 is 5.97 Å². The maximum absolute atomic E-state index is 10.0. The molecule has 3 nitrogen and oxygen atoms in total. The Morgan fingerprint density at radius 3 is 2.46 bits per heavy atom. The van der Waals surface area contributed by atoms with E-state index in [-0.39, 0.29) is 0 Å². The number of aliphatic hydroxyl groups is 1. The van der Waals surface area contributed by atoms with Gasteiger partial charge in [-0.2, -0.15) is 0 Å². The maximum Gasteiger partial charge on any atom is 0.328 e. The van der Waals surface area contributed by atoms with Crippen LogP contribution in [-0.2, 0) is 4.79 Å². The van der Waals surface area contributed by atoms with E-state index in [9.17, 15) is 4.79 Å². The third kappa shape index (κ3) is 8.56. The van der Waals surface area contributed by atoms with Gasteiger partial charge in [0.05, 0.1) is 6.10 Å². The topological polar surface area (TPSA) is 57.5 Å². The molecule has 0 aliphatic carbocycles. The Morgan fingerprint density at radius 2 is 1.92 bits per heavy atom. The van der Waals surface area contributed by atoms with E-state index in [1.165, 1.54) is 6.08 Å².